The number of amides is 2. The molecule has 2 amide bonds. The fourth-order valence-electron chi connectivity index (χ4n) is 2.65. The molecule has 1 aromatic rings. The zero-order valence-corrected chi connectivity index (χ0v) is 15.0. The Morgan fingerprint density at radius 2 is 2.00 bits per heavy atom. The average molecular weight is 339 g/mol. The summed E-state index contributed by atoms with van der Waals surface area (Å²) in [5, 5.41) is 6.41. The molecule has 0 radical (unpaired) electrons. The van der Waals surface area contributed by atoms with Crippen molar-refractivity contribution in [3.8, 4) is 0 Å². The van der Waals surface area contributed by atoms with Crippen molar-refractivity contribution >= 4 is 23.3 Å². The fourth-order valence-corrected chi connectivity index (χ4v) is 2.83. The Morgan fingerprint density at radius 1 is 1.30 bits per heavy atom. The maximum absolute atomic E-state index is 12.0. The monoisotopic (exact) mass is 338 g/mol. The number of piperazine rings is 1. The van der Waals surface area contributed by atoms with Crippen LogP contribution in [0.25, 0.3) is 0 Å². The third kappa shape index (κ3) is 6.01. The molecule has 0 saturated carbocycles. The van der Waals surface area contributed by atoms with Crippen LogP contribution in [0.2, 0.25) is 5.02 Å². The van der Waals surface area contributed by atoms with Crippen molar-refractivity contribution in [3.05, 3.63) is 28.8 Å². The maximum Gasteiger partial charge on any atom is 0.319 e. The summed E-state index contributed by atoms with van der Waals surface area (Å²) in [7, 11) is 2.16. The van der Waals surface area contributed by atoms with E-state index in [1.54, 1.807) is 6.07 Å². The zero-order chi connectivity index (χ0) is 16.8. The van der Waals surface area contributed by atoms with Crippen molar-refractivity contribution in [2.24, 2.45) is 5.92 Å². The van der Waals surface area contributed by atoms with Crippen LogP contribution in [0.1, 0.15) is 12.5 Å². The third-order valence-electron chi connectivity index (χ3n) is 4.21. The zero-order valence-electron chi connectivity index (χ0n) is 14.2. The van der Waals surface area contributed by atoms with Crippen molar-refractivity contribution in [2.45, 2.75) is 13.8 Å². The van der Waals surface area contributed by atoms with Crippen LogP contribution in [-0.2, 0) is 0 Å². The highest BCUT2D eigenvalue weighted by Crippen LogP contribution is 2.19. The van der Waals surface area contributed by atoms with E-state index in [2.05, 4.69) is 34.4 Å². The number of hydrogen-bond acceptors (Lipinski definition) is 3. The predicted molar refractivity (Wildman–Crippen MR) is 96.3 cm³/mol. The number of carbonyl (C=O) groups is 1. The van der Waals surface area contributed by atoms with Crippen LogP contribution in [0.15, 0.2) is 18.2 Å². The van der Waals surface area contributed by atoms with Gasteiger partial charge in [0, 0.05) is 50.0 Å². The first kappa shape index (κ1) is 18.0. The van der Waals surface area contributed by atoms with Gasteiger partial charge in [-0.2, -0.15) is 0 Å². The lowest BCUT2D eigenvalue weighted by Crippen LogP contribution is -2.47. The number of halogens is 1. The minimum Gasteiger partial charge on any atom is -0.338 e. The van der Waals surface area contributed by atoms with Gasteiger partial charge in [0.2, 0.25) is 0 Å². The van der Waals surface area contributed by atoms with E-state index >= 15 is 0 Å². The molecule has 2 rings (SSSR count). The molecule has 5 nitrogen and oxygen atoms in total. The number of urea groups is 1. The molecule has 1 unspecified atom stereocenters. The maximum atomic E-state index is 12.0. The summed E-state index contributed by atoms with van der Waals surface area (Å²) in [6, 6.07) is 5.34. The normalized spacial score (nSPS) is 17.7. The van der Waals surface area contributed by atoms with Crippen LogP contribution in [0.3, 0.4) is 0 Å². The van der Waals surface area contributed by atoms with Gasteiger partial charge in [0.05, 0.1) is 0 Å². The Balaban J connectivity index is 1.70. The number of aryl methyl sites for hydroxylation is 1. The highest BCUT2D eigenvalue weighted by atomic mass is 35.5. The standard InChI is InChI=1S/C17H27ClN4O/c1-13(12-22-8-6-21(3)7-9-22)11-19-17(23)20-15-5-4-14(2)16(18)10-15/h4-5,10,13H,6-9,11-12H2,1-3H3,(H2,19,20,23). The summed E-state index contributed by atoms with van der Waals surface area (Å²) < 4.78 is 0. The minimum absolute atomic E-state index is 0.185. The molecule has 6 heteroatoms. The van der Waals surface area contributed by atoms with E-state index in [0.717, 1.165) is 38.3 Å². The van der Waals surface area contributed by atoms with E-state index in [1.807, 2.05) is 19.1 Å². The molecule has 1 saturated heterocycles. The number of nitrogens with zero attached hydrogens (tertiary/aromatic N) is 2. The summed E-state index contributed by atoms with van der Waals surface area (Å²) in [6.07, 6.45) is 0. The Bertz CT molecular complexity index is 529. The van der Waals surface area contributed by atoms with Crippen molar-refractivity contribution < 1.29 is 4.79 Å². The topological polar surface area (TPSA) is 47.6 Å². The van der Waals surface area contributed by atoms with E-state index in [1.165, 1.54) is 0 Å². The van der Waals surface area contributed by atoms with Crippen LogP contribution < -0.4 is 10.6 Å². The molecule has 128 valence electrons. The molecule has 1 aliphatic rings. The van der Waals surface area contributed by atoms with E-state index in [4.69, 9.17) is 11.6 Å². The molecule has 0 bridgehead atoms. The van der Waals surface area contributed by atoms with Crippen LogP contribution in [0, 0.1) is 12.8 Å². The number of carbonyl (C=O) groups excluding carboxylic acids is 1. The summed E-state index contributed by atoms with van der Waals surface area (Å²) in [5.74, 6) is 0.422. The summed E-state index contributed by atoms with van der Waals surface area (Å²) in [4.78, 5) is 16.8. The third-order valence-corrected chi connectivity index (χ3v) is 4.61. The van der Waals surface area contributed by atoms with Gasteiger partial charge in [0.15, 0.2) is 0 Å². The van der Waals surface area contributed by atoms with Crippen LogP contribution in [0.5, 0.6) is 0 Å². The van der Waals surface area contributed by atoms with Gasteiger partial charge in [0.1, 0.15) is 0 Å². The first-order chi connectivity index (χ1) is 10.9. The smallest absolute Gasteiger partial charge is 0.319 e. The Kier molecular flexibility index (Phi) is 6.69. The molecule has 0 aliphatic carbocycles. The molecule has 1 heterocycles. The molecule has 2 N–H and O–H groups in total. The molecule has 23 heavy (non-hydrogen) atoms. The van der Waals surface area contributed by atoms with Crippen LogP contribution >= 0.6 is 11.6 Å². The molecular formula is C17H27ClN4O. The van der Waals surface area contributed by atoms with E-state index in [9.17, 15) is 4.79 Å². The molecule has 1 atom stereocenters. The van der Waals surface area contributed by atoms with Gasteiger partial charge in [-0.25, -0.2) is 4.79 Å². The minimum atomic E-state index is -0.185. The van der Waals surface area contributed by atoms with Gasteiger partial charge in [0.25, 0.3) is 0 Å². The van der Waals surface area contributed by atoms with Crippen LogP contribution in [0.4, 0.5) is 10.5 Å². The lowest BCUT2D eigenvalue weighted by atomic mass is 10.1. The predicted octanol–water partition coefficient (Wildman–Crippen LogP) is 2.65. The van der Waals surface area contributed by atoms with Gasteiger partial charge in [-0.1, -0.05) is 24.6 Å². The van der Waals surface area contributed by atoms with Gasteiger partial charge in [-0.15, -0.1) is 0 Å². The number of likely N-dealkylation sites (N-methyl/N-ethyl adjacent to an activating group) is 1. The number of rotatable bonds is 5. The van der Waals surface area contributed by atoms with Crippen molar-refractivity contribution in [1.29, 1.82) is 0 Å². The summed E-state index contributed by atoms with van der Waals surface area (Å²) in [6.45, 7) is 10.2. The molecular weight excluding hydrogens is 312 g/mol. The number of anilines is 1. The van der Waals surface area contributed by atoms with Crippen molar-refractivity contribution in [1.82, 2.24) is 15.1 Å². The van der Waals surface area contributed by atoms with E-state index in [-0.39, 0.29) is 6.03 Å². The fraction of sp³-hybridized carbons (Fsp3) is 0.588. The van der Waals surface area contributed by atoms with Gasteiger partial charge >= 0.3 is 6.03 Å². The van der Waals surface area contributed by atoms with Gasteiger partial charge < -0.3 is 20.4 Å². The Hall–Kier alpha value is -1.30. The van der Waals surface area contributed by atoms with Crippen LogP contribution in [-0.4, -0.2) is 62.1 Å². The SMILES string of the molecule is Cc1ccc(NC(=O)NCC(C)CN2CCN(C)CC2)cc1Cl. The highest BCUT2D eigenvalue weighted by molar-refractivity contribution is 6.31. The second-order valence-electron chi connectivity index (χ2n) is 6.51. The van der Waals surface area contributed by atoms with Gasteiger partial charge in [-0.05, 0) is 37.6 Å². The molecule has 1 fully saturated rings. The quantitative estimate of drug-likeness (QED) is 0.867. The average Bonchev–Trinajstić information content (AvgIpc) is 2.51. The molecule has 1 aliphatic heterocycles. The number of benzene rings is 1. The molecule has 0 spiro atoms. The first-order valence-electron chi connectivity index (χ1n) is 8.16. The second-order valence-corrected chi connectivity index (χ2v) is 6.92. The summed E-state index contributed by atoms with van der Waals surface area (Å²) in [5.41, 5.74) is 1.71. The van der Waals surface area contributed by atoms with Crippen molar-refractivity contribution in [3.63, 3.8) is 0 Å². The number of nitrogens with one attached hydrogen (secondary N) is 2. The largest absolute Gasteiger partial charge is 0.338 e. The lowest BCUT2D eigenvalue weighted by molar-refractivity contribution is 0.138. The van der Waals surface area contributed by atoms with E-state index in [0.29, 0.717) is 23.2 Å². The van der Waals surface area contributed by atoms with Gasteiger partial charge in [-0.3, -0.25) is 0 Å². The molecule has 0 aromatic heterocycles. The second kappa shape index (κ2) is 8.52. The first-order valence-corrected chi connectivity index (χ1v) is 8.53. The van der Waals surface area contributed by atoms with Crippen molar-refractivity contribution in [2.75, 3.05) is 51.6 Å². The Morgan fingerprint density at radius 3 is 2.65 bits per heavy atom. The van der Waals surface area contributed by atoms with E-state index < -0.39 is 0 Å². The lowest BCUT2D eigenvalue weighted by Gasteiger charge is -2.33. The number of hydrogen-bond donors (Lipinski definition) is 2. The molecule has 1 aromatic carbocycles. The highest BCUT2D eigenvalue weighted by Gasteiger charge is 2.16. The Labute approximate surface area is 144 Å². The summed E-state index contributed by atoms with van der Waals surface area (Å²) >= 11 is 6.06.